The number of thiophene rings is 1. The van der Waals surface area contributed by atoms with E-state index in [9.17, 15) is 14.3 Å². The third kappa shape index (κ3) is 5.18. The van der Waals surface area contributed by atoms with E-state index in [1.807, 2.05) is 24.3 Å². The second-order valence-corrected chi connectivity index (χ2v) is 11.1. The number of piperidine rings is 1. The van der Waals surface area contributed by atoms with E-state index in [1.165, 1.54) is 23.5 Å². The summed E-state index contributed by atoms with van der Waals surface area (Å²) in [5, 5.41) is 22.8. The van der Waals surface area contributed by atoms with Crippen molar-refractivity contribution in [2.45, 2.75) is 43.7 Å². The zero-order valence-electron chi connectivity index (χ0n) is 20.5. The van der Waals surface area contributed by atoms with Gasteiger partial charge in [0.15, 0.2) is 0 Å². The van der Waals surface area contributed by atoms with E-state index in [-0.39, 0.29) is 17.5 Å². The molecular weight excluding hydrogens is 489 g/mol. The Labute approximate surface area is 219 Å². The first-order chi connectivity index (χ1) is 17.8. The predicted octanol–water partition coefficient (Wildman–Crippen LogP) is 4.57. The number of likely N-dealkylation sites (tertiary alicyclic amines) is 1. The van der Waals surface area contributed by atoms with Crippen molar-refractivity contribution in [2.75, 3.05) is 30.7 Å². The van der Waals surface area contributed by atoms with E-state index in [2.05, 4.69) is 5.32 Å². The highest BCUT2D eigenvalue weighted by molar-refractivity contribution is 7.18. The minimum atomic E-state index is -0.683. The zero-order chi connectivity index (χ0) is 26.2. The predicted molar refractivity (Wildman–Crippen MR) is 145 cm³/mol. The number of hydrogen-bond acceptors (Lipinski definition) is 7. The number of aliphatic hydroxyl groups is 1. The minimum Gasteiger partial charge on any atom is -0.397 e. The van der Waals surface area contributed by atoms with Gasteiger partial charge in [0.1, 0.15) is 11.9 Å². The Balaban J connectivity index is 1.50. The second-order valence-electron chi connectivity index (χ2n) is 10.0. The van der Waals surface area contributed by atoms with Gasteiger partial charge in [-0.25, -0.2) is 4.39 Å². The zero-order valence-corrected chi connectivity index (χ0v) is 21.3. The highest BCUT2D eigenvalue weighted by atomic mass is 32.1. The number of halogens is 1. The molecule has 192 valence electrons. The molecule has 1 saturated carbocycles. The van der Waals surface area contributed by atoms with Crippen molar-refractivity contribution in [3.05, 3.63) is 58.7 Å². The summed E-state index contributed by atoms with van der Waals surface area (Å²) >= 11 is 1.34. The maximum Gasteiger partial charge on any atom is 0.264 e. The molecular formula is C28H30FN5O2S. The van der Waals surface area contributed by atoms with Crippen LogP contribution in [0.25, 0.3) is 21.6 Å². The summed E-state index contributed by atoms with van der Waals surface area (Å²) in [5.74, 6) is -0.707. The molecule has 2 heterocycles. The normalized spacial score (nSPS) is 18.6. The third-order valence-corrected chi connectivity index (χ3v) is 8.47. The van der Waals surface area contributed by atoms with Crippen LogP contribution in [0.1, 0.15) is 47.3 Å². The summed E-state index contributed by atoms with van der Waals surface area (Å²) < 4.78 is 14.5. The van der Waals surface area contributed by atoms with Gasteiger partial charge in [-0.1, -0.05) is 12.1 Å². The molecule has 2 aromatic carbocycles. The van der Waals surface area contributed by atoms with Crippen LogP contribution in [0.2, 0.25) is 0 Å². The van der Waals surface area contributed by atoms with Gasteiger partial charge in [0, 0.05) is 36.1 Å². The molecule has 0 bridgehead atoms. The molecule has 37 heavy (non-hydrogen) atoms. The van der Waals surface area contributed by atoms with Crippen molar-refractivity contribution in [1.29, 1.82) is 5.26 Å². The molecule has 9 heteroatoms. The van der Waals surface area contributed by atoms with Crippen LogP contribution in [0, 0.1) is 17.1 Å². The summed E-state index contributed by atoms with van der Waals surface area (Å²) in [6.07, 6.45) is 4.33. The number of nitrogens with two attached hydrogens (primary N) is 2. The van der Waals surface area contributed by atoms with Crippen LogP contribution in [0.3, 0.4) is 0 Å². The molecule has 1 aliphatic carbocycles. The van der Waals surface area contributed by atoms with E-state index in [4.69, 9.17) is 16.7 Å². The SMILES string of the molecule is N#Cc1ccc(-c2cc(C(=O)N3CCCC(N)C3)sc2-c2ccc(NCC3(O)CCC3)c(N)c2)cc1F. The van der Waals surface area contributed by atoms with Crippen molar-refractivity contribution in [2.24, 2.45) is 5.73 Å². The minimum absolute atomic E-state index is 0.0353. The Morgan fingerprint density at radius 3 is 2.65 bits per heavy atom. The Bertz CT molecular complexity index is 1380. The van der Waals surface area contributed by atoms with Gasteiger partial charge < -0.3 is 26.8 Å². The van der Waals surface area contributed by atoms with E-state index < -0.39 is 11.4 Å². The van der Waals surface area contributed by atoms with Gasteiger partial charge >= 0.3 is 0 Å². The average Bonchev–Trinajstić information content (AvgIpc) is 3.32. The van der Waals surface area contributed by atoms with Gasteiger partial charge in [0.2, 0.25) is 0 Å². The fourth-order valence-electron chi connectivity index (χ4n) is 4.94. The molecule has 1 atom stereocenters. The van der Waals surface area contributed by atoms with Crippen LogP contribution in [-0.2, 0) is 0 Å². The summed E-state index contributed by atoms with van der Waals surface area (Å²) in [6, 6.07) is 13.7. The van der Waals surface area contributed by atoms with Gasteiger partial charge in [-0.15, -0.1) is 11.3 Å². The van der Waals surface area contributed by atoms with Crippen molar-refractivity contribution in [3.63, 3.8) is 0 Å². The lowest BCUT2D eigenvalue weighted by Crippen LogP contribution is -2.45. The molecule has 2 fully saturated rings. The lowest BCUT2D eigenvalue weighted by atomic mass is 9.80. The first-order valence-electron chi connectivity index (χ1n) is 12.5. The molecule has 1 aliphatic heterocycles. The van der Waals surface area contributed by atoms with Crippen LogP contribution in [-0.4, -0.2) is 47.2 Å². The smallest absolute Gasteiger partial charge is 0.264 e. The van der Waals surface area contributed by atoms with Crippen LogP contribution in [0.4, 0.5) is 15.8 Å². The number of hydrogen-bond donors (Lipinski definition) is 4. The molecule has 6 N–H and O–H groups in total. The highest BCUT2D eigenvalue weighted by Crippen LogP contribution is 2.42. The van der Waals surface area contributed by atoms with Crippen LogP contribution in [0.15, 0.2) is 42.5 Å². The molecule has 0 spiro atoms. The lowest BCUT2D eigenvalue weighted by Gasteiger charge is -2.37. The fraction of sp³-hybridized carbons (Fsp3) is 0.357. The number of anilines is 2. The summed E-state index contributed by atoms with van der Waals surface area (Å²) in [5.41, 5.74) is 15.1. The van der Waals surface area contributed by atoms with Crippen molar-refractivity contribution >= 4 is 28.6 Å². The molecule has 0 radical (unpaired) electrons. The van der Waals surface area contributed by atoms with Gasteiger partial charge in [-0.3, -0.25) is 4.79 Å². The maximum absolute atomic E-state index is 14.5. The van der Waals surface area contributed by atoms with Gasteiger partial charge in [0.05, 0.1) is 27.4 Å². The van der Waals surface area contributed by atoms with Crippen LogP contribution in [0.5, 0.6) is 0 Å². The van der Waals surface area contributed by atoms with E-state index in [0.717, 1.165) is 48.2 Å². The summed E-state index contributed by atoms with van der Waals surface area (Å²) in [7, 11) is 0. The summed E-state index contributed by atoms with van der Waals surface area (Å²) in [6.45, 7) is 1.59. The Hall–Kier alpha value is -3.45. The number of nitrogens with one attached hydrogen (secondary N) is 1. The molecule has 1 aromatic heterocycles. The van der Waals surface area contributed by atoms with Gasteiger partial charge in [-0.05, 0) is 73.6 Å². The first-order valence-corrected chi connectivity index (χ1v) is 13.3. The lowest BCUT2D eigenvalue weighted by molar-refractivity contribution is -0.0201. The molecule has 2 aliphatic rings. The van der Waals surface area contributed by atoms with Crippen molar-refractivity contribution in [3.8, 4) is 27.6 Å². The Morgan fingerprint density at radius 2 is 2.00 bits per heavy atom. The highest BCUT2D eigenvalue weighted by Gasteiger charge is 2.34. The Kier molecular flexibility index (Phi) is 6.90. The largest absolute Gasteiger partial charge is 0.397 e. The molecule has 1 amide bonds. The monoisotopic (exact) mass is 519 g/mol. The maximum atomic E-state index is 14.5. The number of amides is 1. The van der Waals surface area contributed by atoms with E-state index >= 15 is 0 Å². The number of carbonyl (C=O) groups excluding carboxylic acids is 1. The quantitative estimate of drug-likeness (QED) is 0.353. The number of nitriles is 1. The number of carbonyl (C=O) groups is 1. The number of nitrogen functional groups attached to an aromatic ring is 1. The third-order valence-electron chi connectivity index (χ3n) is 7.29. The second kappa shape index (κ2) is 10.1. The average molecular weight is 520 g/mol. The van der Waals surface area contributed by atoms with Gasteiger partial charge in [-0.2, -0.15) is 5.26 Å². The van der Waals surface area contributed by atoms with E-state index in [0.29, 0.717) is 41.3 Å². The fourth-order valence-corrected chi connectivity index (χ4v) is 6.08. The Morgan fingerprint density at radius 1 is 1.22 bits per heavy atom. The molecule has 3 aromatic rings. The number of rotatable bonds is 6. The van der Waals surface area contributed by atoms with Crippen LogP contribution < -0.4 is 16.8 Å². The first kappa shape index (κ1) is 25.2. The molecule has 1 saturated heterocycles. The standard InChI is InChI=1S/C28H30FN5O2S/c29-22-11-17(4-5-19(22)14-30)21-13-25(27(35)34-10-1-3-20(31)15-34)37-26(21)18-6-7-24(23(32)12-18)33-16-28(36)8-2-9-28/h4-7,11-13,20,33,36H,1-3,8-10,15-16,31-32H2. The van der Waals surface area contributed by atoms with Gasteiger partial charge in [0.25, 0.3) is 5.91 Å². The molecule has 7 nitrogen and oxygen atoms in total. The van der Waals surface area contributed by atoms with Crippen LogP contribution >= 0.6 is 11.3 Å². The number of benzene rings is 2. The summed E-state index contributed by atoms with van der Waals surface area (Å²) in [4.78, 5) is 16.5. The van der Waals surface area contributed by atoms with Crippen molar-refractivity contribution in [1.82, 2.24) is 4.90 Å². The van der Waals surface area contributed by atoms with E-state index in [1.54, 1.807) is 17.0 Å². The number of nitrogens with zero attached hydrogens (tertiary/aromatic N) is 2. The molecule has 1 unspecified atom stereocenters. The molecule has 5 rings (SSSR count). The topological polar surface area (TPSA) is 128 Å². The van der Waals surface area contributed by atoms with Crippen molar-refractivity contribution < 1.29 is 14.3 Å².